The topological polar surface area (TPSA) is 96.0 Å². The maximum absolute atomic E-state index is 14.5. The number of rotatable bonds is 12. The van der Waals surface area contributed by atoms with Gasteiger partial charge in [0, 0.05) is 12.6 Å². The molecule has 236 valence electrons. The first-order valence-corrected chi connectivity index (χ1v) is 16.9. The van der Waals surface area contributed by atoms with Gasteiger partial charge in [0.25, 0.3) is 10.0 Å². The third-order valence-corrected chi connectivity index (χ3v) is 10.2. The lowest BCUT2D eigenvalue weighted by Gasteiger charge is -2.35. The van der Waals surface area contributed by atoms with Gasteiger partial charge in [-0.3, -0.25) is 13.9 Å². The van der Waals surface area contributed by atoms with Crippen molar-refractivity contribution < 1.29 is 22.7 Å². The molecule has 0 bridgehead atoms. The Bertz CT molecular complexity index is 1550. The van der Waals surface area contributed by atoms with Crippen molar-refractivity contribution in [3.05, 3.63) is 89.0 Å². The standard InChI is InChI=1S/C35H45N3O5S/c1-6-31(35(40)36-29-14-8-7-9-15-29)37(23-28-13-11-10-12-27(28)4)34(39)24-38(32-22-26(3)18-21-33(32)43-5)44(41,42)30-19-16-25(2)17-20-30/h10-13,16-22,29,31H,6-9,14-15,23-24H2,1-5H3,(H,36,40)/t31-/m1/s1. The lowest BCUT2D eigenvalue weighted by Crippen LogP contribution is -2.54. The molecule has 1 aliphatic rings. The lowest BCUT2D eigenvalue weighted by atomic mass is 9.95. The molecule has 1 atom stereocenters. The third-order valence-electron chi connectivity index (χ3n) is 8.43. The lowest BCUT2D eigenvalue weighted by molar-refractivity contribution is -0.140. The van der Waals surface area contributed by atoms with Crippen LogP contribution in [0.2, 0.25) is 0 Å². The van der Waals surface area contributed by atoms with Gasteiger partial charge in [-0.25, -0.2) is 8.42 Å². The van der Waals surface area contributed by atoms with E-state index in [4.69, 9.17) is 4.74 Å². The second-order valence-corrected chi connectivity index (χ2v) is 13.6. The van der Waals surface area contributed by atoms with Gasteiger partial charge in [-0.15, -0.1) is 0 Å². The van der Waals surface area contributed by atoms with Gasteiger partial charge in [-0.1, -0.05) is 74.2 Å². The third kappa shape index (κ3) is 7.80. The van der Waals surface area contributed by atoms with Crippen LogP contribution in [0.5, 0.6) is 5.75 Å². The zero-order valence-corrected chi connectivity index (χ0v) is 27.3. The van der Waals surface area contributed by atoms with Gasteiger partial charge >= 0.3 is 0 Å². The molecule has 3 aromatic carbocycles. The van der Waals surface area contributed by atoms with E-state index in [2.05, 4.69) is 5.32 Å². The van der Waals surface area contributed by atoms with Crippen LogP contribution in [0.25, 0.3) is 0 Å². The number of anilines is 1. The molecule has 1 N–H and O–H groups in total. The largest absolute Gasteiger partial charge is 0.495 e. The van der Waals surface area contributed by atoms with Gasteiger partial charge in [0.2, 0.25) is 11.8 Å². The number of benzene rings is 3. The molecule has 8 nitrogen and oxygen atoms in total. The molecule has 1 saturated carbocycles. The SMILES string of the molecule is CC[C@H](C(=O)NC1CCCCC1)N(Cc1ccccc1C)C(=O)CN(c1cc(C)ccc1OC)S(=O)(=O)c1ccc(C)cc1. The number of carbonyl (C=O) groups is 2. The maximum atomic E-state index is 14.5. The molecule has 0 spiro atoms. The van der Waals surface area contributed by atoms with E-state index in [1.165, 1.54) is 7.11 Å². The monoisotopic (exact) mass is 619 g/mol. The summed E-state index contributed by atoms with van der Waals surface area (Å²) in [6, 6.07) is 18.8. The van der Waals surface area contributed by atoms with Crippen molar-refractivity contribution in [2.75, 3.05) is 18.0 Å². The summed E-state index contributed by atoms with van der Waals surface area (Å²) < 4.78 is 35.2. The minimum atomic E-state index is -4.20. The highest BCUT2D eigenvalue weighted by atomic mass is 32.2. The average molecular weight is 620 g/mol. The Kier molecular flexibility index (Phi) is 11.1. The van der Waals surface area contributed by atoms with Crippen LogP contribution in [0.15, 0.2) is 71.6 Å². The highest BCUT2D eigenvalue weighted by molar-refractivity contribution is 7.92. The molecule has 2 amide bonds. The van der Waals surface area contributed by atoms with Crippen LogP contribution < -0.4 is 14.4 Å². The fraction of sp³-hybridized carbons (Fsp3) is 0.429. The first-order chi connectivity index (χ1) is 21.0. The summed E-state index contributed by atoms with van der Waals surface area (Å²) in [5.41, 5.74) is 3.87. The van der Waals surface area contributed by atoms with Crippen molar-refractivity contribution in [1.82, 2.24) is 10.2 Å². The van der Waals surface area contributed by atoms with Crippen LogP contribution >= 0.6 is 0 Å². The summed E-state index contributed by atoms with van der Waals surface area (Å²) in [6.07, 6.45) is 5.52. The molecule has 0 saturated heterocycles. The molecule has 1 aliphatic carbocycles. The van der Waals surface area contributed by atoms with Crippen molar-refractivity contribution in [3.8, 4) is 5.75 Å². The fourth-order valence-corrected chi connectivity index (χ4v) is 7.20. The van der Waals surface area contributed by atoms with Crippen molar-refractivity contribution in [1.29, 1.82) is 0 Å². The van der Waals surface area contributed by atoms with Crippen LogP contribution in [0.1, 0.15) is 67.7 Å². The molecule has 1 fully saturated rings. The van der Waals surface area contributed by atoms with Gasteiger partial charge in [0.05, 0.1) is 17.7 Å². The van der Waals surface area contributed by atoms with E-state index in [9.17, 15) is 18.0 Å². The maximum Gasteiger partial charge on any atom is 0.264 e. The second kappa shape index (κ2) is 14.8. The van der Waals surface area contributed by atoms with E-state index in [1.54, 1.807) is 41.3 Å². The number of hydrogen-bond donors (Lipinski definition) is 1. The summed E-state index contributed by atoms with van der Waals surface area (Å²) in [5.74, 6) is -0.354. The summed E-state index contributed by atoms with van der Waals surface area (Å²) in [6.45, 7) is 7.25. The van der Waals surface area contributed by atoms with E-state index >= 15 is 0 Å². The van der Waals surface area contributed by atoms with Gasteiger partial charge in [0.15, 0.2) is 0 Å². The van der Waals surface area contributed by atoms with Crippen molar-refractivity contribution in [2.24, 2.45) is 0 Å². The summed E-state index contributed by atoms with van der Waals surface area (Å²) in [5, 5.41) is 3.19. The summed E-state index contributed by atoms with van der Waals surface area (Å²) in [7, 11) is -2.73. The van der Waals surface area contributed by atoms with Crippen LogP contribution in [0, 0.1) is 20.8 Å². The van der Waals surface area contributed by atoms with E-state index < -0.39 is 28.5 Å². The Morgan fingerprint density at radius 2 is 1.59 bits per heavy atom. The number of hydrogen-bond acceptors (Lipinski definition) is 5. The van der Waals surface area contributed by atoms with Crippen LogP contribution in [0.3, 0.4) is 0 Å². The average Bonchev–Trinajstić information content (AvgIpc) is 3.01. The highest BCUT2D eigenvalue weighted by Gasteiger charge is 2.35. The normalized spacial score (nSPS) is 14.5. The van der Waals surface area contributed by atoms with Gasteiger partial charge in [-0.05, 0) is 81.0 Å². The second-order valence-electron chi connectivity index (χ2n) is 11.7. The van der Waals surface area contributed by atoms with Crippen molar-refractivity contribution >= 4 is 27.5 Å². The van der Waals surface area contributed by atoms with E-state index in [0.717, 1.165) is 58.7 Å². The minimum Gasteiger partial charge on any atom is -0.495 e. The zero-order valence-electron chi connectivity index (χ0n) is 26.5. The molecule has 0 radical (unpaired) electrons. The van der Waals surface area contributed by atoms with Crippen LogP contribution in [-0.4, -0.2) is 50.9 Å². The first-order valence-electron chi connectivity index (χ1n) is 15.4. The highest BCUT2D eigenvalue weighted by Crippen LogP contribution is 2.34. The van der Waals surface area contributed by atoms with E-state index in [-0.39, 0.29) is 29.1 Å². The van der Waals surface area contributed by atoms with Gasteiger partial charge in [-0.2, -0.15) is 0 Å². The molecule has 0 heterocycles. The summed E-state index contributed by atoms with van der Waals surface area (Å²) >= 11 is 0. The number of carbonyl (C=O) groups excluding carboxylic acids is 2. The molecule has 9 heteroatoms. The Hall–Kier alpha value is -3.85. The quantitative estimate of drug-likeness (QED) is 0.266. The van der Waals surface area contributed by atoms with E-state index in [0.29, 0.717) is 12.2 Å². The zero-order chi connectivity index (χ0) is 31.9. The Morgan fingerprint density at radius 1 is 0.932 bits per heavy atom. The Morgan fingerprint density at radius 3 is 2.23 bits per heavy atom. The number of nitrogens with zero attached hydrogens (tertiary/aromatic N) is 2. The molecule has 44 heavy (non-hydrogen) atoms. The number of amides is 2. The number of sulfonamides is 1. The summed E-state index contributed by atoms with van der Waals surface area (Å²) in [4.78, 5) is 29.8. The first kappa shape index (κ1) is 33.1. The molecular weight excluding hydrogens is 574 g/mol. The van der Waals surface area contributed by atoms with Crippen molar-refractivity contribution in [2.45, 2.75) is 89.7 Å². The number of methoxy groups -OCH3 is 1. The predicted molar refractivity (Wildman–Crippen MR) is 174 cm³/mol. The van der Waals surface area contributed by atoms with Crippen molar-refractivity contribution in [3.63, 3.8) is 0 Å². The number of nitrogens with one attached hydrogen (secondary N) is 1. The van der Waals surface area contributed by atoms with Gasteiger partial charge in [0.1, 0.15) is 18.3 Å². The molecule has 0 aliphatic heterocycles. The Balaban J connectivity index is 1.77. The predicted octanol–water partition coefficient (Wildman–Crippen LogP) is 6.07. The smallest absolute Gasteiger partial charge is 0.264 e. The molecule has 0 unspecified atom stereocenters. The van der Waals surface area contributed by atoms with Crippen LogP contribution in [0.4, 0.5) is 5.69 Å². The Labute approximate surface area is 262 Å². The molecule has 0 aromatic heterocycles. The van der Waals surface area contributed by atoms with Gasteiger partial charge < -0.3 is 15.0 Å². The molecular formula is C35H45N3O5S. The minimum absolute atomic E-state index is 0.0620. The fourth-order valence-electron chi connectivity index (χ4n) is 5.78. The number of aryl methyl sites for hydroxylation is 3. The molecule has 4 rings (SSSR count). The van der Waals surface area contributed by atoms with E-state index in [1.807, 2.05) is 58.0 Å². The molecule has 3 aromatic rings. The number of ether oxygens (including phenoxy) is 1. The van der Waals surface area contributed by atoms with Crippen LogP contribution in [-0.2, 0) is 26.2 Å².